The minimum absolute atomic E-state index is 0.477. The van der Waals surface area contributed by atoms with Gasteiger partial charge in [0.15, 0.2) is 0 Å². The molecule has 2 aliphatic rings. The van der Waals surface area contributed by atoms with Gasteiger partial charge in [-0.05, 0) is 56.1 Å². The number of aromatic carboxylic acids is 1. The second-order valence-corrected chi connectivity index (χ2v) is 7.33. The van der Waals surface area contributed by atoms with Gasteiger partial charge in [0.25, 0.3) is 0 Å². The molecule has 104 valence electrons. The van der Waals surface area contributed by atoms with E-state index in [1.54, 1.807) is 0 Å². The summed E-state index contributed by atoms with van der Waals surface area (Å²) in [5, 5.41) is 9.06. The molecule has 0 spiro atoms. The Hall–Kier alpha value is -0.870. The van der Waals surface area contributed by atoms with Crippen LogP contribution >= 0.6 is 11.3 Å². The van der Waals surface area contributed by atoms with Gasteiger partial charge in [-0.15, -0.1) is 11.3 Å². The van der Waals surface area contributed by atoms with E-state index in [2.05, 4.69) is 4.90 Å². The predicted molar refractivity (Wildman–Crippen MR) is 76.7 cm³/mol. The van der Waals surface area contributed by atoms with Crippen LogP contribution in [0.15, 0.2) is 6.07 Å². The summed E-state index contributed by atoms with van der Waals surface area (Å²) < 4.78 is 0. The highest BCUT2D eigenvalue weighted by Crippen LogP contribution is 2.35. The number of hydrogen-bond acceptors (Lipinski definition) is 3. The third kappa shape index (κ3) is 3.57. The van der Waals surface area contributed by atoms with E-state index in [1.165, 1.54) is 55.7 Å². The lowest BCUT2D eigenvalue weighted by molar-refractivity contribution is 0.0702. The Morgan fingerprint density at radius 2 is 1.89 bits per heavy atom. The van der Waals surface area contributed by atoms with Crippen LogP contribution in [-0.2, 0) is 6.54 Å². The summed E-state index contributed by atoms with van der Waals surface area (Å²) in [6.45, 7) is 5.38. The Morgan fingerprint density at radius 1 is 1.32 bits per heavy atom. The summed E-state index contributed by atoms with van der Waals surface area (Å²) in [4.78, 5) is 15.2. The highest BCUT2D eigenvalue weighted by atomic mass is 32.1. The van der Waals surface area contributed by atoms with Crippen LogP contribution in [0.4, 0.5) is 0 Å². The minimum atomic E-state index is -0.796. The van der Waals surface area contributed by atoms with Gasteiger partial charge < -0.3 is 5.11 Å². The van der Waals surface area contributed by atoms with Gasteiger partial charge in [0.1, 0.15) is 4.88 Å². The van der Waals surface area contributed by atoms with E-state index in [0.717, 1.165) is 23.3 Å². The quantitative estimate of drug-likeness (QED) is 0.832. The van der Waals surface area contributed by atoms with Crippen molar-refractivity contribution >= 4 is 17.3 Å². The average molecular weight is 279 g/mol. The molecular formula is C15H21NO2S. The Labute approximate surface area is 118 Å². The minimum Gasteiger partial charge on any atom is -0.477 e. The molecule has 0 amide bonds. The lowest BCUT2D eigenvalue weighted by Gasteiger charge is -2.22. The monoisotopic (exact) mass is 279 g/mol. The van der Waals surface area contributed by atoms with Gasteiger partial charge in [-0.3, -0.25) is 4.90 Å². The van der Waals surface area contributed by atoms with Gasteiger partial charge in [-0.2, -0.15) is 0 Å². The maximum atomic E-state index is 11.0. The Balaban J connectivity index is 1.66. The van der Waals surface area contributed by atoms with Crippen LogP contribution in [0.1, 0.15) is 45.8 Å². The zero-order valence-electron chi connectivity index (χ0n) is 11.4. The summed E-state index contributed by atoms with van der Waals surface area (Å²) in [6.07, 6.45) is 5.52. The molecule has 0 atom stereocenters. The van der Waals surface area contributed by atoms with Crippen molar-refractivity contribution < 1.29 is 9.90 Å². The second-order valence-electron chi connectivity index (χ2n) is 6.08. The van der Waals surface area contributed by atoms with Crippen molar-refractivity contribution in [3.63, 3.8) is 0 Å². The molecule has 4 heteroatoms. The van der Waals surface area contributed by atoms with Gasteiger partial charge >= 0.3 is 5.97 Å². The number of carboxylic acid groups (broad SMARTS) is 1. The first-order valence-electron chi connectivity index (χ1n) is 7.17. The number of carbonyl (C=O) groups is 1. The van der Waals surface area contributed by atoms with Crippen LogP contribution in [-0.4, -0.2) is 29.1 Å². The van der Waals surface area contributed by atoms with Gasteiger partial charge in [0, 0.05) is 24.5 Å². The van der Waals surface area contributed by atoms with Crippen molar-refractivity contribution in [2.45, 2.75) is 39.2 Å². The summed E-state index contributed by atoms with van der Waals surface area (Å²) in [7, 11) is 0. The van der Waals surface area contributed by atoms with Crippen molar-refractivity contribution in [2.24, 2.45) is 11.8 Å². The first-order valence-corrected chi connectivity index (χ1v) is 7.98. The third-order valence-electron chi connectivity index (χ3n) is 4.05. The fourth-order valence-electron chi connectivity index (χ4n) is 2.56. The highest BCUT2D eigenvalue weighted by molar-refractivity contribution is 7.14. The first kappa shape index (κ1) is 13.1. The smallest absolute Gasteiger partial charge is 0.345 e. The van der Waals surface area contributed by atoms with E-state index in [1.807, 2.05) is 13.0 Å². The van der Waals surface area contributed by atoms with E-state index in [0.29, 0.717) is 4.88 Å². The average Bonchev–Trinajstić information content (AvgIpc) is 3.24. The SMILES string of the molecule is Cc1sc(C(=O)O)cc1CN(CC1CC1)CC1CC1. The molecule has 1 heterocycles. The van der Waals surface area contributed by atoms with Gasteiger partial charge in [-0.25, -0.2) is 4.79 Å². The van der Waals surface area contributed by atoms with Crippen LogP contribution in [0.3, 0.4) is 0 Å². The fourth-order valence-corrected chi connectivity index (χ4v) is 3.43. The molecule has 0 unspecified atom stereocenters. The Morgan fingerprint density at radius 3 is 2.32 bits per heavy atom. The van der Waals surface area contributed by atoms with Gasteiger partial charge in [-0.1, -0.05) is 0 Å². The summed E-state index contributed by atoms with van der Waals surface area (Å²) in [5.41, 5.74) is 1.21. The molecule has 0 saturated heterocycles. The molecule has 3 rings (SSSR count). The van der Waals surface area contributed by atoms with Crippen LogP contribution in [0.25, 0.3) is 0 Å². The standard InChI is InChI=1S/C15H21NO2S/c1-10-13(6-14(19-10)15(17)18)9-16(7-11-2-3-11)8-12-4-5-12/h6,11-12H,2-5,7-9H2,1H3,(H,17,18). The molecular weight excluding hydrogens is 258 g/mol. The Bertz CT molecular complexity index is 460. The molecule has 2 saturated carbocycles. The van der Waals surface area contributed by atoms with E-state index < -0.39 is 5.97 Å². The molecule has 2 aliphatic carbocycles. The van der Waals surface area contributed by atoms with Gasteiger partial charge in [0.2, 0.25) is 0 Å². The van der Waals surface area contributed by atoms with Crippen molar-refractivity contribution in [2.75, 3.05) is 13.1 Å². The predicted octanol–water partition coefficient (Wildman–Crippen LogP) is 3.38. The molecule has 3 nitrogen and oxygen atoms in total. The molecule has 0 aromatic carbocycles. The number of thiophene rings is 1. The van der Waals surface area contributed by atoms with E-state index in [-0.39, 0.29) is 0 Å². The maximum Gasteiger partial charge on any atom is 0.345 e. The van der Waals surface area contributed by atoms with Gasteiger partial charge in [0.05, 0.1) is 0 Å². The molecule has 0 radical (unpaired) electrons. The van der Waals surface area contributed by atoms with Crippen LogP contribution in [0.2, 0.25) is 0 Å². The molecule has 0 bridgehead atoms. The maximum absolute atomic E-state index is 11.0. The van der Waals surface area contributed by atoms with E-state index in [4.69, 9.17) is 5.11 Å². The fraction of sp³-hybridized carbons (Fsp3) is 0.667. The lowest BCUT2D eigenvalue weighted by atomic mass is 10.2. The first-order chi connectivity index (χ1) is 9.11. The summed E-state index contributed by atoms with van der Waals surface area (Å²) >= 11 is 1.41. The number of carboxylic acids is 1. The number of hydrogen-bond donors (Lipinski definition) is 1. The van der Waals surface area contributed by atoms with Crippen molar-refractivity contribution in [3.05, 3.63) is 21.4 Å². The summed E-state index contributed by atoms with van der Waals surface area (Å²) in [5.74, 6) is 1.00. The van der Waals surface area contributed by atoms with Crippen molar-refractivity contribution in [1.29, 1.82) is 0 Å². The van der Waals surface area contributed by atoms with Crippen molar-refractivity contribution in [3.8, 4) is 0 Å². The highest BCUT2D eigenvalue weighted by Gasteiger charge is 2.29. The van der Waals surface area contributed by atoms with Crippen LogP contribution in [0, 0.1) is 18.8 Å². The van der Waals surface area contributed by atoms with E-state index >= 15 is 0 Å². The number of rotatable bonds is 7. The number of nitrogens with zero attached hydrogens (tertiary/aromatic N) is 1. The molecule has 0 aliphatic heterocycles. The summed E-state index contributed by atoms with van der Waals surface area (Å²) in [6, 6.07) is 1.87. The third-order valence-corrected chi connectivity index (χ3v) is 5.13. The number of aryl methyl sites for hydroxylation is 1. The topological polar surface area (TPSA) is 40.5 Å². The normalized spacial score (nSPS) is 19.1. The van der Waals surface area contributed by atoms with E-state index in [9.17, 15) is 4.79 Å². The molecule has 2 fully saturated rings. The Kier molecular flexibility index (Phi) is 3.63. The zero-order valence-corrected chi connectivity index (χ0v) is 12.2. The molecule has 1 N–H and O–H groups in total. The molecule has 1 aromatic rings. The second kappa shape index (κ2) is 5.25. The lowest BCUT2D eigenvalue weighted by Crippen LogP contribution is -2.27. The largest absolute Gasteiger partial charge is 0.477 e. The zero-order chi connectivity index (χ0) is 13.4. The van der Waals surface area contributed by atoms with Crippen LogP contribution in [0.5, 0.6) is 0 Å². The van der Waals surface area contributed by atoms with Crippen LogP contribution < -0.4 is 0 Å². The van der Waals surface area contributed by atoms with Crippen molar-refractivity contribution in [1.82, 2.24) is 4.90 Å². The molecule has 19 heavy (non-hydrogen) atoms. The molecule has 1 aromatic heterocycles.